The van der Waals surface area contributed by atoms with E-state index in [1.807, 2.05) is 6.92 Å². The predicted octanol–water partition coefficient (Wildman–Crippen LogP) is 0.137. The molecule has 11 nitrogen and oxygen atoms in total. The number of amides is 2. The smallest absolute Gasteiger partial charge is 0.257 e. The summed E-state index contributed by atoms with van der Waals surface area (Å²) in [5, 5.41) is 44.3. The number of phenolic OH excluding ortho intramolecular Hbond substituents is 1. The summed E-state index contributed by atoms with van der Waals surface area (Å²) in [5.41, 5.74) is 3.30. The molecule has 6 N–H and O–H groups in total. The number of hydrogen-bond acceptors (Lipinski definition) is 9. The number of hydrogen-bond donors (Lipinski definition) is 5. The number of nitrogens with zero attached hydrogens (tertiary/aromatic N) is 2. The van der Waals surface area contributed by atoms with Crippen molar-refractivity contribution in [2.45, 2.75) is 44.3 Å². The van der Waals surface area contributed by atoms with Gasteiger partial charge < -0.3 is 36.0 Å². The highest BCUT2D eigenvalue weighted by Crippen LogP contribution is 2.53. The van der Waals surface area contributed by atoms with Crippen LogP contribution in [0.3, 0.4) is 0 Å². The van der Waals surface area contributed by atoms with E-state index in [1.54, 1.807) is 32.1 Å². The number of carbonyl (C=O) groups is 4. The van der Waals surface area contributed by atoms with Crippen molar-refractivity contribution in [1.29, 1.82) is 0 Å². The second-order valence-corrected chi connectivity index (χ2v) is 10.5. The number of aliphatic hydroxyl groups is 3. The van der Waals surface area contributed by atoms with Crippen molar-refractivity contribution in [3.05, 3.63) is 28.3 Å². The Morgan fingerprint density at radius 1 is 1.16 bits per heavy atom. The summed E-state index contributed by atoms with van der Waals surface area (Å²) in [4.78, 5) is 54.9. The number of aromatic hydroxyl groups is 1. The van der Waals surface area contributed by atoms with E-state index < -0.39 is 64.3 Å². The lowest BCUT2D eigenvalue weighted by Gasteiger charge is -2.48. The third-order valence-corrected chi connectivity index (χ3v) is 7.98. The van der Waals surface area contributed by atoms with Gasteiger partial charge in [0.1, 0.15) is 17.4 Å². The van der Waals surface area contributed by atoms with Gasteiger partial charge in [0.2, 0.25) is 11.7 Å². The fourth-order valence-electron chi connectivity index (χ4n) is 6.18. The van der Waals surface area contributed by atoms with Crippen LogP contribution < -0.4 is 10.6 Å². The largest absolute Gasteiger partial charge is 0.507 e. The zero-order valence-corrected chi connectivity index (χ0v) is 21.3. The average Bonchev–Trinajstić information content (AvgIpc) is 2.80. The Bertz CT molecular complexity index is 1240. The van der Waals surface area contributed by atoms with E-state index in [9.17, 15) is 39.6 Å². The Balaban J connectivity index is 1.91. The Labute approximate surface area is 214 Å². The molecule has 0 heterocycles. The summed E-state index contributed by atoms with van der Waals surface area (Å²) in [6.45, 7) is 2.34. The Morgan fingerprint density at radius 2 is 1.81 bits per heavy atom. The van der Waals surface area contributed by atoms with Crippen LogP contribution in [0.25, 0.3) is 5.76 Å². The molecule has 4 rings (SSSR count). The zero-order valence-electron chi connectivity index (χ0n) is 21.3. The van der Waals surface area contributed by atoms with Gasteiger partial charge >= 0.3 is 0 Å². The van der Waals surface area contributed by atoms with Crippen LogP contribution in [-0.4, -0.2) is 88.1 Å². The molecule has 2 saturated carbocycles. The first-order chi connectivity index (χ1) is 17.3. The van der Waals surface area contributed by atoms with Crippen LogP contribution in [-0.2, 0) is 20.8 Å². The molecule has 0 aliphatic heterocycles. The van der Waals surface area contributed by atoms with E-state index in [2.05, 4.69) is 0 Å². The van der Waals surface area contributed by atoms with E-state index in [-0.39, 0.29) is 36.0 Å². The van der Waals surface area contributed by atoms with Crippen molar-refractivity contribution in [3.63, 3.8) is 0 Å². The second-order valence-electron chi connectivity index (χ2n) is 10.5. The number of aliphatic hydroxyl groups excluding tert-OH is 2. The lowest BCUT2D eigenvalue weighted by atomic mass is 9.56. The minimum Gasteiger partial charge on any atom is -0.507 e. The lowest BCUT2D eigenvalue weighted by Crippen LogP contribution is -2.66. The number of rotatable bonds is 5. The Kier molecular flexibility index (Phi) is 6.58. The second kappa shape index (κ2) is 9.14. The minimum absolute atomic E-state index is 0.0606. The minimum atomic E-state index is -2.65. The van der Waals surface area contributed by atoms with Gasteiger partial charge in [-0.15, -0.1) is 0 Å². The van der Waals surface area contributed by atoms with Crippen molar-refractivity contribution in [2.75, 3.05) is 32.6 Å². The maximum Gasteiger partial charge on any atom is 0.257 e. The topological polar surface area (TPSA) is 182 Å². The quantitative estimate of drug-likeness (QED) is 0.341. The molecule has 2 fully saturated rings. The van der Waals surface area contributed by atoms with Crippen LogP contribution in [0.2, 0.25) is 0 Å². The number of primary amides is 1. The van der Waals surface area contributed by atoms with E-state index in [4.69, 9.17) is 5.73 Å². The zero-order chi connectivity index (χ0) is 27.6. The van der Waals surface area contributed by atoms with Crippen molar-refractivity contribution < 1.29 is 39.6 Å². The van der Waals surface area contributed by atoms with E-state index in [0.717, 1.165) is 0 Å². The van der Waals surface area contributed by atoms with Gasteiger partial charge in [-0.25, -0.2) is 0 Å². The summed E-state index contributed by atoms with van der Waals surface area (Å²) in [6.07, 6.45) is -0.690. The molecular formula is C26H33N3O8. The summed E-state index contributed by atoms with van der Waals surface area (Å²) < 4.78 is 0. The van der Waals surface area contributed by atoms with Crippen molar-refractivity contribution in [2.24, 2.45) is 23.5 Å². The first-order valence-electron chi connectivity index (χ1n) is 12.3. The van der Waals surface area contributed by atoms with Gasteiger partial charge in [0.25, 0.3) is 5.91 Å². The molecule has 1 aromatic carbocycles. The van der Waals surface area contributed by atoms with Crippen LogP contribution in [0, 0.1) is 17.8 Å². The molecule has 0 bridgehead atoms. The Morgan fingerprint density at radius 3 is 2.38 bits per heavy atom. The fraction of sp³-hybridized carbons (Fsp3) is 0.538. The molecule has 0 spiro atoms. The van der Waals surface area contributed by atoms with Crippen molar-refractivity contribution in [3.8, 4) is 5.75 Å². The molecule has 2 unspecified atom stereocenters. The summed E-state index contributed by atoms with van der Waals surface area (Å²) in [7, 11) is 5.09. The number of fused-ring (bicyclic) bond motifs is 3. The van der Waals surface area contributed by atoms with Gasteiger partial charge in [-0.2, -0.15) is 0 Å². The molecule has 11 heteroatoms. The number of phenols is 1. The highest BCUT2D eigenvalue weighted by Gasteiger charge is 2.64. The molecule has 200 valence electrons. The number of nitrogens with two attached hydrogens (primary N) is 1. The van der Waals surface area contributed by atoms with Gasteiger partial charge in [0.05, 0.1) is 17.2 Å². The normalized spacial score (nSPS) is 28.8. The molecule has 2 amide bonds. The van der Waals surface area contributed by atoms with E-state index in [1.165, 1.54) is 4.90 Å². The van der Waals surface area contributed by atoms with Crippen LogP contribution in [0.1, 0.15) is 47.7 Å². The number of ketones is 2. The number of Topliss-reactive ketones (excluding diaryl/α,β-unsaturated/α-hetero) is 2. The third-order valence-electron chi connectivity index (χ3n) is 7.98. The molecule has 5 atom stereocenters. The molecule has 1 aromatic rings. The predicted molar refractivity (Wildman–Crippen MR) is 133 cm³/mol. The molecular weight excluding hydrogens is 482 g/mol. The number of benzene rings is 1. The number of anilines is 1. The third kappa shape index (κ3) is 3.79. The molecule has 0 aromatic heterocycles. The van der Waals surface area contributed by atoms with Crippen LogP contribution >= 0.6 is 0 Å². The molecule has 0 saturated heterocycles. The SMILES string of the molecule is CCCN(C)C(=O)c1cc(N(C)C)c2c(c1O)C(O)=C1C(=O)[C@]3(O)C(=O)C(C(N)=O)C(O)C[C@@H]3C[C@@H]1C2. The first-order valence-corrected chi connectivity index (χ1v) is 12.3. The number of carbonyl (C=O) groups excluding carboxylic acids is 4. The monoisotopic (exact) mass is 515 g/mol. The lowest BCUT2D eigenvalue weighted by molar-refractivity contribution is -0.174. The van der Waals surface area contributed by atoms with Gasteiger partial charge in [0, 0.05) is 44.9 Å². The van der Waals surface area contributed by atoms with Gasteiger partial charge in [-0.05, 0) is 43.2 Å². The molecule has 37 heavy (non-hydrogen) atoms. The van der Waals surface area contributed by atoms with Crippen LogP contribution in [0.5, 0.6) is 5.75 Å². The maximum absolute atomic E-state index is 13.7. The van der Waals surface area contributed by atoms with Gasteiger partial charge in [-0.3, -0.25) is 19.2 Å². The van der Waals surface area contributed by atoms with Gasteiger partial charge in [0.15, 0.2) is 11.4 Å². The highest BCUT2D eigenvalue weighted by molar-refractivity contribution is 6.25. The summed E-state index contributed by atoms with van der Waals surface area (Å²) in [5.74, 6) is -8.39. The molecule has 0 radical (unpaired) electrons. The van der Waals surface area contributed by atoms with E-state index >= 15 is 0 Å². The summed E-state index contributed by atoms with van der Waals surface area (Å²) >= 11 is 0. The fourth-order valence-corrected chi connectivity index (χ4v) is 6.18. The van der Waals surface area contributed by atoms with Crippen molar-refractivity contribution >= 4 is 34.8 Å². The van der Waals surface area contributed by atoms with E-state index in [0.29, 0.717) is 24.2 Å². The van der Waals surface area contributed by atoms with Crippen molar-refractivity contribution in [1.82, 2.24) is 4.90 Å². The Hall–Kier alpha value is -3.44. The first kappa shape index (κ1) is 26.6. The average molecular weight is 516 g/mol. The maximum atomic E-state index is 13.7. The van der Waals surface area contributed by atoms with Crippen LogP contribution in [0.4, 0.5) is 5.69 Å². The van der Waals surface area contributed by atoms with Crippen LogP contribution in [0.15, 0.2) is 11.6 Å². The molecule has 3 aliphatic carbocycles. The summed E-state index contributed by atoms with van der Waals surface area (Å²) in [6, 6.07) is 1.55. The standard InChI is InChI=1S/C26H33N3O8/c1-5-6-29(4)25(36)14-10-15(28(2)3)13-8-11-7-12-9-16(30)19(24(27)35)23(34)26(12,37)22(33)17(11)21(32)18(13)20(14)31/h10-12,16,19,30-32,37H,5-9H2,1-4H3,(H2,27,35)/t11-,12+,16?,19?,26+/m1/s1. The molecule has 3 aliphatic rings. The highest BCUT2D eigenvalue weighted by atomic mass is 16.3. The van der Waals surface area contributed by atoms with Gasteiger partial charge in [-0.1, -0.05) is 6.92 Å².